The molecule has 0 bridgehead atoms. The van der Waals surface area contributed by atoms with Crippen molar-refractivity contribution in [3.63, 3.8) is 0 Å². The molecule has 0 amide bonds. The summed E-state index contributed by atoms with van der Waals surface area (Å²) in [5, 5.41) is 1.19. The molecular formula is C17H23N3O2S. The molecule has 23 heavy (non-hydrogen) atoms. The molecule has 1 aliphatic rings. The van der Waals surface area contributed by atoms with E-state index >= 15 is 0 Å². The molecule has 2 N–H and O–H groups in total. The van der Waals surface area contributed by atoms with E-state index in [4.69, 9.17) is 0 Å². The lowest BCUT2D eigenvalue weighted by Crippen LogP contribution is -2.20. The summed E-state index contributed by atoms with van der Waals surface area (Å²) in [5.74, 6) is 0.535. The number of nitrogens with zero attached hydrogens (tertiary/aromatic N) is 1. The monoisotopic (exact) mass is 333 g/mol. The van der Waals surface area contributed by atoms with Crippen molar-refractivity contribution in [2.24, 2.45) is 0 Å². The van der Waals surface area contributed by atoms with Crippen LogP contribution in [-0.2, 0) is 16.4 Å². The molecule has 1 aromatic carbocycles. The number of hydrogen-bond acceptors (Lipinski definition) is 3. The number of allylic oxidation sites excluding steroid dienone is 1. The highest BCUT2D eigenvalue weighted by Crippen LogP contribution is 2.32. The Morgan fingerprint density at radius 3 is 2.91 bits per heavy atom. The lowest BCUT2D eigenvalue weighted by atomic mass is 9.96. The maximum Gasteiger partial charge on any atom is 0.236 e. The van der Waals surface area contributed by atoms with E-state index in [-0.39, 0.29) is 4.91 Å². The molecule has 2 heterocycles. The van der Waals surface area contributed by atoms with E-state index < -0.39 is 10.0 Å². The molecule has 1 saturated heterocycles. The molecule has 1 unspecified atom stereocenters. The average molecular weight is 333 g/mol. The Hall–Kier alpha value is -1.63. The number of nitrogens with one attached hydrogen (secondary N) is 2. The Morgan fingerprint density at radius 2 is 2.26 bits per heavy atom. The van der Waals surface area contributed by atoms with Crippen molar-refractivity contribution in [1.29, 1.82) is 0 Å². The maximum atomic E-state index is 11.8. The van der Waals surface area contributed by atoms with Gasteiger partial charge in [0, 0.05) is 30.1 Å². The molecule has 0 radical (unpaired) electrons. The van der Waals surface area contributed by atoms with Crippen molar-refractivity contribution in [3.05, 3.63) is 47.0 Å². The summed E-state index contributed by atoms with van der Waals surface area (Å²) in [7, 11) is 0.125. The van der Waals surface area contributed by atoms with Crippen molar-refractivity contribution in [2.75, 3.05) is 27.2 Å². The zero-order valence-electron chi connectivity index (χ0n) is 13.6. The molecular weight excluding hydrogens is 310 g/mol. The van der Waals surface area contributed by atoms with Crippen LogP contribution in [0.4, 0.5) is 0 Å². The molecule has 6 heteroatoms. The van der Waals surface area contributed by atoms with Gasteiger partial charge in [0.25, 0.3) is 0 Å². The molecule has 3 rings (SSSR count). The first-order valence-electron chi connectivity index (χ1n) is 7.80. The molecule has 0 spiro atoms. The summed E-state index contributed by atoms with van der Waals surface area (Å²) in [6, 6.07) is 6.07. The molecule has 0 aliphatic carbocycles. The average Bonchev–Trinajstić information content (AvgIpc) is 3.12. The Morgan fingerprint density at radius 1 is 1.48 bits per heavy atom. The first-order valence-corrected chi connectivity index (χ1v) is 9.29. The summed E-state index contributed by atoms with van der Waals surface area (Å²) >= 11 is 0. The van der Waals surface area contributed by atoms with Gasteiger partial charge in [-0.1, -0.05) is 12.6 Å². The summed E-state index contributed by atoms with van der Waals surface area (Å²) in [4.78, 5) is 5.86. The summed E-state index contributed by atoms with van der Waals surface area (Å²) in [5.41, 5.74) is 3.39. The van der Waals surface area contributed by atoms with E-state index in [9.17, 15) is 8.42 Å². The minimum absolute atomic E-state index is 0.192. The van der Waals surface area contributed by atoms with Gasteiger partial charge < -0.3 is 9.88 Å². The largest absolute Gasteiger partial charge is 0.361 e. The highest BCUT2D eigenvalue weighted by atomic mass is 32.2. The molecule has 1 aliphatic heterocycles. The Bertz CT molecular complexity index is 839. The number of rotatable bonds is 5. The SMILES string of the molecule is C=C(Cc1ccc2[nH]cc(C3CCN(C)C3)c2c1)S(=O)(=O)NC. The van der Waals surface area contributed by atoms with Crippen LogP contribution in [0.25, 0.3) is 10.9 Å². The van der Waals surface area contributed by atoms with Crippen molar-refractivity contribution in [3.8, 4) is 0 Å². The fourth-order valence-corrected chi connectivity index (χ4v) is 3.94. The Kier molecular flexibility index (Phi) is 4.31. The number of fused-ring (bicyclic) bond motifs is 1. The molecule has 1 aromatic heterocycles. The van der Waals surface area contributed by atoms with E-state index in [1.54, 1.807) is 0 Å². The van der Waals surface area contributed by atoms with Crippen LogP contribution in [-0.4, -0.2) is 45.5 Å². The minimum atomic E-state index is -3.43. The Balaban J connectivity index is 1.91. The molecule has 1 atom stereocenters. The smallest absolute Gasteiger partial charge is 0.236 e. The number of aromatic nitrogens is 1. The number of H-pyrrole nitrogens is 1. The highest BCUT2D eigenvalue weighted by molar-refractivity contribution is 7.93. The summed E-state index contributed by atoms with van der Waals surface area (Å²) < 4.78 is 25.9. The van der Waals surface area contributed by atoms with Crippen LogP contribution in [0.15, 0.2) is 35.9 Å². The van der Waals surface area contributed by atoms with Gasteiger partial charge in [0.2, 0.25) is 10.0 Å². The van der Waals surface area contributed by atoms with Gasteiger partial charge in [-0.2, -0.15) is 0 Å². The zero-order valence-corrected chi connectivity index (χ0v) is 14.4. The van der Waals surface area contributed by atoms with Crippen molar-refractivity contribution in [1.82, 2.24) is 14.6 Å². The van der Waals surface area contributed by atoms with E-state index in [0.29, 0.717) is 12.3 Å². The minimum Gasteiger partial charge on any atom is -0.361 e. The van der Waals surface area contributed by atoms with E-state index in [0.717, 1.165) is 30.6 Å². The zero-order chi connectivity index (χ0) is 16.6. The van der Waals surface area contributed by atoms with Gasteiger partial charge >= 0.3 is 0 Å². The number of hydrogen-bond donors (Lipinski definition) is 2. The van der Waals surface area contributed by atoms with Gasteiger partial charge in [0.15, 0.2) is 0 Å². The molecule has 0 saturated carbocycles. The number of sulfonamides is 1. The Labute approximate surface area is 137 Å². The van der Waals surface area contributed by atoms with Crippen molar-refractivity contribution in [2.45, 2.75) is 18.8 Å². The van der Waals surface area contributed by atoms with Crippen LogP contribution in [0, 0.1) is 0 Å². The third-order valence-corrected chi connectivity index (χ3v) is 6.10. The maximum absolute atomic E-state index is 11.8. The quantitative estimate of drug-likeness (QED) is 0.881. The van der Waals surface area contributed by atoms with Crippen LogP contribution >= 0.6 is 0 Å². The highest BCUT2D eigenvalue weighted by Gasteiger charge is 2.23. The first-order chi connectivity index (χ1) is 10.9. The normalized spacial score (nSPS) is 19.5. The lowest BCUT2D eigenvalue weighted by Gasteiger charge is -2.10. The topological polar surface area (TPSA) is 65.2 Å². The predicted molar refractivity (Wildman–Crippen MR) is 94.0 cm³/mol. The van der Waals surface area contributed by atoms with Crippen molar-refractivity contribution >= 4 is 20.9 Å². The number of benzene rings is 1. The molecule has 124 valence electrons. The van der Waals surface area contributed by atoms with Crippen LogP contribution in [0.1, 0.15) is 23.5 Å². The van der Waals surface area contributed by atoms with Gasteiger partial charge in [-0.15, -0.1) is 0 Å². The second-order valence-electron chi connectivity index (χ2n) is 6.29. The number of aromatic amines is 1. The predicted octanol–water partition coefficient (Wildman–Crippen LogP) is 2.19. The second-order valence-corrected chi connectivity index (χ2v) is 8.29. The standard InChI is InChI=1S/C17H23N3O2S/c1-12(23(21,22)18-2)8-13-4-5-17-15(9-13)16(10-19-17)14-6-7-20(3)11-14/h4-5,9-10,14,18-19H,1,6-8,11H2,2-3H3. The molecule has 2 aromatic rings. The van der Waals surface area contributed by atoms with E-state index in [1.165, 1.54) is 18.0 Å². The number of likely N-dealkylation sites (N-methyl/N-ethyl adjacent to an activating group) is 1. The molecule has 1 fully saturated rings. The second kappa shape index (κ2) is 6.11. The molecule has 5 nitrogen and oxygen atoms in total. The van der Waals surface area contributed by atoms with Gasteiger partial charge in [0.1, 0.15) is 0 Å². The van der Waals surface area contributed by atoms with Crippen LogP contribution < -0.4 is 4.72 Å². The van der Waals surface area contributed by atoms with Gasteiger partial charge in [-0.25, -0.2) is 13.1 Å². The lowest BCUT2D eigenvalue weighted by molar-refractivity contribution is 0.412. The van der Waals surface area contributed by atoms with Gasteiger partial charge in [0.05, 0.1) is 4.91 Å². The van der Waals surface area contributed by atoms with Crippen molar-refractivity contribution < 1.29 is 8.42 Å². The van der Waals surface area contributed by atoms with Gasteiger partial charge in [-0.3, -0.25) is 0 Å². The number of likely N-dealkylation sites (tertiary alicyclic amines) is 1. The first kappa shape index (κ1) is 16.2. The van der Waals surface area contributed by atoms with Crippen LogP contribution in [0.5, 0.6) is 0 Å². The summed E-state index contributed by atoms with van der Waals surface area (Å²) in [6.07, 6.45) is 3.58. The van der Waals surface area contributed by atoms with E-state index in [2.05, 4.69) is 40.5 Å². The van der Waals surface area contributed by atoms with E-state index in [1.807, 2.05) is 12.1 Å². The fourth-order valence-electron chi connectivity index (χ4n) is 3.29. The third-order valence-electron chi connectivity index (χ3n) is 4.66. The van der Waals surface area contributed by atoms with Crippen LogP contribution in [0.3, 0.4) is 0 Å². The third kappa shape index (κ3) is 3.20. The van der Waals surface area contributed by atoms with Crippen LogP contribution in [0.2, 0.25) is 0 Å². The summed E-state index contributed by atoms with van der Waals surface area (Å²) in [6.45, 7) is 5.89. The fraction of sp³-hybridized carbons (Fsp3) is 0.412. The van der Waals surface area contributed by atoms with Gasteiger partial charge in [-0.05, 0) is 56.2 Å².